The number of nitrogens with one attached hydrogen (secondary N) is 1. The van der Waals surface area contributed by atoms with Crippen LogP contribution >= 0.6 is 0 Å². The molecule has 1 N–H and O–H groups in total. The quantitative estimate of drug-likeness (QED) is 0.637. The first-order chi connectivity index (χ1) is 6.86. The van der Waals surface area contributed by atoms with Crippen LogP contribution in [-0.4, -0.2) is 25.3 Å². The molecule has 0 spiro atoms. The van der Waals surface area contributed by atoms with Crippen molar-refractivity contribution < 1.29 is 4.74 Å². The number of hydrogen-bond acceptors (Lipinski definition) is 2. The van der Waals surface area contributed by atoms with Gasteiger partial charge in [-0.25, -0.2) is 0 Å². The van der Waals surface area contributed by atoms with Crippen LogP contribution in [0.2, 0.25) is 0 Å². The van der Waals surface area contributed by atoms with Crippen LogP contribution in [0.15, 0.2) is 0 Å². The molecule has 1 heterocycles. The SMILES string of the molecule is CCCCO[C@@H]1CN[C@H](CCCC)C1. The van der Waals surface area contributed by atoms with E-state index in [2.05, 4.69) is 19.2 Å². The van der Waals surface area contributed by atoms with E-state index in [0.29, 0.717) is 6.10 Å². The summed E-state index contributed by atoms with van der Waals surface area (Å²) in [5.41, 5.74) is 0. The highest BCUT2D eigenvalue weighted by Crippen LogP contribution is 2.15. The molecule has 0 aromatic rings. The summed E-state index contributed by atoms with van der Waals surface area (Å²) in [5, 5.41) is 3.54. The van der Waals surface area contributed by atoms with E-state index >= 15 is 0 Å². The zero-order valence-electron chi connectivity index (χ0n) is 9.72. The Morgan fingerprint density at radius 3 is 2.71 bits per heavy atom. The normalized spacial score (nSPS) is 27.0. The average molecular weight is 199 g/mol. The van der Waals surface area contributed by atoms with E-state index in [1.54, 1.807) is 0 Å². The summed E-state index contributed by atoms with van der Waals surface area (Å²) in [6.45, 7) is 6.48. The monoisotopic (exact) mass is 199 g/mol. The van der Waals surface area contributed by atoms with Gasteiger partial charge in [-0.3, -0.25) is 0 Å². The molecule has 2 heteroatoms. The van der Waals surface area contributed by atoms with Crippen LogP contribution < -0.4 is 5.32 Å². The van der Waals surface area contributed by atoms with Crippen molar-refractivity contribution in [1.82, 2.24) is 5.32 Å². The number of unbranched alkanes of at least 4 members (excludes halogenated alkanes) is 2. The van der Waals surface area contributed by atoms with Crippen LogP contribution in [0.4, 0.5) is 0 Å². The van der Waals surface area contributed by atoms with Gasteiger partial charge in [-0.15, -0.1) is 0 Å². The number of rotatable bonds is 7. The van der Waals surface area contributed by atoms with Gasteiger partial charge in [-0.2, -0.15) is 0 Å². The molecule has 1 aliphatic rings. The fourth-order valence-electron chi connectivity index (χ4n) is 1.97. The second-order valence-corrected chi connectivity index (χ2v) is 4.33. The summed E-state index contributed by atoms with van der Waals surface area (Å²) in [6.07, 6.45) is 8.13. The Kier molecular flexibility index (Phi) is 6.20. The van der Waals surface area contributed by atoms with E-state index in [4.69, 9.17) is 4.74 Å². The van der Waals surface area contributed by atoms with Crippen molar-refractivity contribution in [2.24, 2.45) is 0 Å². The van der Waals surface area contributed by atoms with E-state index in [0.717, 1.165) is 19.2 Å². The molecular formula is C12H25NO. The summed E-state index contributed by atoms with van der Waals surface area (Å²) in [5.74, 6) is 0. The molecule has 2 nitrogen and oxygen atoms in total. The Morgan fingerprint density at radius 2 is 2.00 bits per heavy atom. The molecule has 1 rings (SSSR count). The summed E-state index contributed by atoms with van der Waals surface area (Å²) in [7, 11) is 0. The predicted molar refractivity (Wildman–Crippen MR) is 60.6 cm³/mol. The van der Waals surface area contributed by atoms with Crippen molar-refractivity contribution in [2.45, 2.75) is 64.5 Å². The molecule has 0 unspecified atom stereocenters. The van der Waals surface area contributed by atoms with Crippen molar-refractivity contribution in [3.8, 4) is 0 Å². The predicted octanol–water partition coefficient (Wildman–Crippen LogP) is 2.72. The van der Waals surface area contributed by atoms with Gasteiger partial charge in [-0.05, 0) is 19.3 Å². The minimum absolute atomic E-state index is 0.489. The molecule has 0 saturated carbocycles. The van der Waals surface area contributed by atoms with Crippen molar-refractivity contribution in [3.63, 3.8) is 0 Å². The third-order valence-electron chi connectivity index (χ3n) is 2.94. The molecule has 14 heavy (non-hydrogen) atoms. The third-order valence-corrected chi connectivity index (χ3v) is 2.94. The van der Waals surface area contributed by atoms with Gasteiger partial charge in [-0.1, -0.05) is 33.1 Å². The van der Waals surface area contributed by atoms with Gasteiger partial charge in [0.15, 0.2) is 0 Å². The van der Waals surface area contributed by atoms with E-state index in [9.17, 15) is 0 Å². The fraction of sp³-hybridized carbons (Fsp3) is 1.00. The first-order valence-corrected chi connectivity index (χ1v) is 6.21. The minimum Gasteiger partial charge on any atom is -0.377 e. The Hall–Kier alpha value is -0.0800. The second kappa shape index (κ2) is 7.24. The third kappa shape index (κ3) is 4.43. The molecule has 1 saturated heterocycles. The zero-order chi connectivity index (χ0) is 10.2. The zero-order valence-corrected chi connectivity index (χ0v) is 9.72. The topological polar surface area (TPSA) is 21.3 Å². The first-order valence-electron chi connectivity index (χ1n) is 6.21. The minimum atomic E-state index is 0.489. The maximum absolute atomic E-state index is 5.79. The molecule has 1 fully saturated rings. The molecule has 1 aliphatic heterocycles. The van der Waals surface area contributed by atoms with E-state index in [1.165, 1.54) is 38.5 Å². The lowest BCUT2D eigenvalue weighted by atomic mass is 10.1. The molecule has 0 aromatic carbocycles. The standard InChI is InChI=1S/C12H25NO/c1-3-5-7-11-9-12(10-13-11)14-8-6-4-2/h11-13H,3-10H2,1-2H3/t11-,12+/m1/s1. The molecule has 0 aromatic heterocycles. The van der Waals surface area contributed by atoms with Gasteiger partial charge in [0.25, 0.3) is 0 Å². The van der Waals surface area contributed by atoms with E-state index in [1.807, 2.05) is 0 Å². The molecule has 2 atom stereocenters. The number of hydrogen-bond donors (Lipinski definition) is 1. The van der Waals surface area contributed by atoms with Gasteiger partial charge < -0.3 is 10.1 Å². The van der Waals surface area contributed by atoms with Gasteiger partial charge in [0.05, 0.1) is 6.10 Å². The van der Waals surface area contributed by atoms with Gasteiger partial charge >= 0.3 is 0 Å². The highest BCUT2D eigenvalue weighted by Gasteiger charge is 2.23. The molecule has 0 radical (unpaired) electrons. The lowest BCUT2D eigenvalue weighted by molar-refractivity contribution is 0.0632. The second-order valence-electron chi connectivity index (χ2n) is 4.33. The molecule has 0 bridgehead atoms. The van der Waals surface area contributed by atoms with Crippen LogP contribution in [0, 0.1) is 0 Å². The lowest BCUT2D eigenvalue weighted by Crippen LogP contribution is -2.21. The van der Waals surface area contributed by atoms with Crippen molar-refractivity contribution in [1.29, 1.82) is 0 Å². The smallest absolute Gasteiger partial charge is 0.0714 e. The first kappa shape index (κ1) is 12.0. The fourth-order valence-corrected chi connectivity index (χ4v) is 1.97. The van der Waals surface area contributed by atoms with Crippen LogP contribution in [-0.2, 0) is 4.74 Å². The largest absolute Gasteiger partial charge is 0.377 e. The van der Waals surface area contributed by atoms with Crippen LogP contribution in [0.3, 0.4) is 0 Å². The Labute approximate surface area is 88.4 Å². The van der Waals surface area contributed by atoms with E-state index in [-0.39, 0.29) is 0 Å². The van der Waals surface area contributed by atoms with Gasteiger partial charge in [0, 0.05) is 19.2 Å². The summed E-state index contributed by atoms with van der Waals surface area (Å²) in [6, 6.07) is 0.724. The molecule has 0 amide bonds. The van der Waals surface area contributed by atoms with Crippen molar-refractivity contribution in [2.75, 3.05) is 13.2 Å². The van der Waals surface area contributed by atoms with Crippen LogP contribution in [0.1, 0.15) is 52.4 Å². The maximum atomic E-state index is 5.79. The Morgan fingerprint density at radius 1 is 1.21 bits per heavy atom. The lowest BCUT2D eigenvalue weighted by Gasteiger charge is -2.10. The molecule has 84 valence electrons. The Balaban J connectivity index is 2.02. The molecule has 0 aliphatic carbocycles. The van der Waals surface area contributed by atoms with Crippen LogP contribution in [0.25, 0.3) is 0 Å². The highest BCUT2D eigenvalue weighted by molar-refractivity contribution is 4.81. The highest BCUT2D eigenvalue weighted by atomic mass is 16.5. The summed E-state index contributed by atoms with van der Waals surface area (Å²) >= 11 is 0. The number of ether oxygens (including phenoxy) is 1. The van der Waals surface area contributed by atoms with Crippen molar-refractivity contribution in [3.05, 3.63) is 0 Å². The van der Waals surface area contributed by atoms with E-state index < -0.39 is 0 Å². The molecular weight excluding hydrogens is 174 g/mol. The maximum Gasteiger partial charge on any atom is 0.0714 e. The summed E-state index contributed by atoms with van der Waals surface area (Å²) in [4.78, 5) is 0. The van der Waals surface area contributed by atoms with Gasteiger partial charge in [0.2, 0.25) is 0 Å². The summed E-state index contributed by atoms with van der Waals surface area (Å²) < 4.78 is 5.79. The van der Waals surface area contributed by atoms with Gasteiger partial charge in [0.1, 0.15) is 0 Å². The average Bonchev–Trinajstić information content (AvgIpc) is 2.63. The van der Waals surface area contributed by atoms with Crippen molar-refractivity contribution >= 4 is 0 Å². The Bertz CT molecular complexity index is 138. The van der Waals surface area contributed by atoms with Crippen LogP contribution in [0.5, 0.6) is 0 Å².